The molecular weight excluding hydrogens is 650 g/mol. The Kier molecular flexibility index (Phi) is 12.5. The molecule has 4 aromatic rings. The molecule has 0 bridgehead atoms. The van der Waals surface area contributed by atoms with Gasteiger partial charge >= 0.3 is 0 Å². The summed E-state index contributed by atoms with van der Waals surface area (Å²) in [5.74, 6) is -0.395. The van der Waals surface area contributed by atoms with E-state index in [1.165, 1.54) is 37.3 Å². The van der Waals surface area contributed by atoms with Gasteiger partial charge in [0.2, 0.25) is 11.8 Å². The SMILES string of the molecule is CC[C@H](C)NC(=O)[C@H](Cc1ccccc1)N(Cc1ccccc1Cl)C(=O)CN(c1cc(OC)ccc1OC)S(=O)(=O)c1ccc(C)cc1. The van der Waals surface area contributed by atoms with Crippen molar-refractivity contribution in [1.82, 2.24) is 10.2 Å². The Bertz CT molecular complexity index is 1800. The number of aryl methyl sites for hydroxylation is 1. The first-order valence-corrected chi connectivity index (χ1v) is 17.5. The number of sulfonamides is 1. The van der Waals surface area contributed by atoms with Crippen LogP contribution in [0.25, 0.3) is 0 Å². The minimum Gasteiger partial charge on any atom is -0.497 e. The van der Waals surface area contributed by atoms with Gasteiger partial charge in [0.15, 0.2) is 0 Å². The fourth-order valence-corrected chi connectivity index (χ4v) is 6.76. The number of carbonyl (C=O) groups excluding carboxylic acids is 2. The highest BCUT2D eigenvalue weighted by Crippen LogP contribution is 2.36. The number of nitrogens with zero attached hydrogens (tertiary/aromatic N) is 2. The van der Waals surface area contributed by atoms with Gasteiger partial charge in [0, 0.05) is 30.1 Å². The van der Waals surface area contributed by atoms with Crippen LogP contribution in [0.3, 0.4) is 0 Å². The van der Waals surface area contributed by atoms with Crippen LogP contribution >= 0.6 is 11.6 Å². The number of anilines is 1. The van der Waals surface area contributed by atoms with Gasteiger partial charge in [-0.25, -0.2) is 8.42 Å². The second-order valence-corrected chi connectivity index (χ2v) is 13.8. The molecule has 0 heterocycles. The van der Waals surface area contributed by atoms with Gasteiger partial charge in [-0.05, 0) is 61.7 Å². The van der Waals surface area contributed by atoms with Gasteiger partial charge in [0.1, 0.15) is 24.1 Å². The van der Waals surface area contributed by atoms with E-state index in [0.717, 1.165) is 15.4 Å². The monoisotopic (exact) mass is 691 g/mol. The van der Waals surface area contributed by atoms with Crippen LogP contribution in [-0.4, -0.2) is 58.0 Å². The maximum absolute atomic E-state index is 14.7. The molecule has 254 valence electrons. The molecule has 0 radical (unpaired) electrons. The van der Waals surface area contributed by atoms with E-state index in [0.29, 0.717) is 22.8 Å². The van der Waals surface area contributed by atoms with E-state index in [9.17, 15) is 18.0 Å². The van der Waals surface area contributed by atoms with Crippen molar-refractivity contribution in [3.05, 3.63) is 119 Å². The minimum absolute atomic E-state index is 0.0150. The number of hydrogen-bond donors (Lipinski definition) is 1. The molecule has 11 heteroatoms. The van der Waals surface area contributed by atoms with Crippen LogP contribution in [0.4, 0.5) is 5.69 Å². The third-order valence-electron chi connectivity index (χ3n) is 8.11. The van der Waals surface area contributed by atoms with Crippen LogP contribution < -0.4 is 19.1 Å². The molecule has 0 aliphatic rings. The highest BCUT2D eigenvalue weighted by atomic mass is 35.5. The molecule has 0 saturated heterocycles. The van der Waals surface area contributed by atoms with Crippen molar-refractivity contribution in [2.75, 3.05) is 25.1 Å². The van der Waals surface area contributed by atoms with E-state index in [1.807, 2.05) is 51.1 Å². The molecule has 48 heavy (non-hydrogen) atoms. The second kappa shape index (κ2) is 16.5. The third-order valence-corrected chi connectivity index (χ3v) is 10.3. The third kappa shape index (κ3) is 8.87. The Hall–Kier alpha value is -4.54. The quantitative estimate of drug-likeness (QED) is 0.154. The normalized spacial score (nSPS) is 12.5. The summed E-state index contributed by atoms with van der Waals surface area (Å²) in [6.45, 7) is 5.01. The molecule has 4 rings (SSSR count). The van der Waals surface area contributed by atoms with Gasteiger partial charge in [-0.3, -0.25) is 13.9 Å². The van der Waals surface area contributed by atoms with Crippen LogP contribution in [-0.2, 0) is 32.6 Å². The van der Waals surface area contributed by atoms with E-state index in [4.69, 9.17) is 21.1 Å². The number of rotatable bonds is 15. The average Bonchev–Trinajstić information content (AvgIpc) is 3.09. The Morgan fingerprint density at radius 2 is 1.56 bits per heavy atom. The van der Waals surface area contributed by atoms with E-state index in [1.54, 1.807) is 48.5 Å². The standard InChI is InChI=1S/C37H42ClN3O6S/c1-6-27(3)39-37(43)34(22-28-12-8-7-9-13-28)40(24-29-14-10-11-15-32(29)38)36(42)25-41(33-23-30(46-4)18-21-35(33)47-5)48(44,45)31-19-16-26(2)17-20-31/h7-21,23,27,34H,6,22,24-25H2,1-5H3,(H,39,43)/t27-,34-/m0/s1. The minimum atomic E-state index is -4.34. The van der Waals surface area contributed by atoms with Gasteiger partial charge < -0.3 is 19.7 Å². The fraction of sp³-hybridized carbons (Fsp3) is 0.297. The summed E-state index contributed by atoms with van der Waals surface area (Å²) in [7, 11) is -1.46. The highest BCUT2D eigenvalue weighted by Gasteiger charge is 2.36. The van der Waals surface area contributed by atoms with Crippen molar-refractivity contribution < 1.29 is 27.5 Å². The molecule has 1 N–H and O–H groups in total. The summed E-state index contributed by atoms with van der Waals surface area (Å²) in [6.07, 6.45) is 0.868. The van der Waals surface area contributed by atoms with Crippen LogP contribution in [0.15, 0.2) is 102 Å². The lowest BCUT2D eigenvalue weighted by Crippen LogP contribution is -2.54. The van der Waals surface area contributed by atoms with Crippen molar-refractivity contribution >= 4 is 39.1 Å². The van der Waals surface area contributed by atoms with Gasteiger partial charge in [-0.15, -0.1) is 0 Å². The predicted octanol–water partition coefficient (Wildman–Crippen LogP) is 6.42. The second-order valence-electron chi connectivity index (χ2n) is 11.5. The number of methoxy groups -OCH3 is 2. The molecule has 0 fully saturated rings. The zero-order valence-electron chi connectivity index (χ0n) is 27.9. The topological polar surface area (TPSA) is 105 Å². The van der Waals surface area contributed by atoms with Gasteiger partial charge in [-0.2, -0.15) is 0 Å². The Morgan fingerprint density at radius 1 is 0.896 bits per heavy atom. The van der Waals surface area contributed by atoms with Gasteiger partial charge in [-0.1, -0.05) is 84.8 Å². The maximum Gasteiger partial charge on any atom is 0.264 e. The number of nitrogens with one attached hydrogen (secondary N) is 1. The van der Waals surface area contributed by atoms with Gasteiger partial charge in [0.25, 0.3) is 10.0 Å². The summed E-state index contributed by atoms with van der Waals surface area (Å²) in [4.78, 5) is 30.2. The van der Waals surface area contributed by atoms with Gasteiger partial charge in [0.05, 0.1) is 24.8 Å². The van der Waals surface area contributed by atoms with E-state index in [-0.39, 0.29) is 41.2 Å². The van der Waals surface area contributed by atoms with Crippen molar-refractivity contribution in [2.45, 2.75) is 57.1 Å². The molecular formula is C37H42ClN3O6S. The lowest BCUT2D eigenvalue weighted by molar-refractivity contribution is -0.140. The summed E-state index contributed by atoms with van der Waals surface area (Å²) < 4.78 is 40.9. The number of ether oxygens (including phenoxy) is 2. The summed E-state index contributed by atoms with van der Waals surface area (Å²) >= 11 is 6.59. The first kappa shape index (κ1) is 36.3. The maximum atomic E-state index is 14.7. The summed E-state index contributed by atoms with van der Waals surface area (Å²) in [5.41, 5.74) is 2.41. The van der Waals surface area contributed by atoms with Crippen molar-refractivity contribution in [2.24, 2.45) is 0 Å². The molecule has 9 nitrogen and oxygen atoms in total. The highest BCUT2D eigenvalue weighted by molar-refractivity contribution is 7.92. The predicted molar refractivity (Wildman–Crippen MR) is 189 cm³/mol. The Labute approximate surface area is 288 Å². The van der Waals surface area contributed by atoms with E-state index >= 15 is 0 Å². The van der Waals surface area contributed by atoms with Crippen LogP contribution in [0.1, 0.15) is 37.0 Å². The lowest BCUT2D eigenvalue weighted by Gasteiger charge is -2.34. The smallest absolute Gasteiger partial charge is 0.264 e. The molecule has 0 saturated carbocycles. The number of benzene rings is 4. The van der Waals surface area contributed by atoms with Crippen molar-refractivity contribution in [3.8, 4) is 11.5 Å². The van der Waals surface area contributed by atoms with E-state index in [2.05, 4.69) is 5.32 Å². The number of amides is 2. The fourth-order valence-electron chi connectivity index (χ4n) is 5.15. The molecule has 0 unspecified atom stereocenters. The number of hydrogen-bond acceptors (Lipinski definition) is 6. The zero-order chi connectivity index (χ0) is 34.8. The number of halogens is 1. The zero-order valence-corrected chi connectivity index (χ0v) is 29.4. The molecule has 0 aliphatic carbocycles. The lowest BCUT2D eigenvalue weighted by atomic mass is 10.0. The Balaban J connectivity index is 1.88. The Morgan fingerprint density at radius 3 is 2.19 bits per heavy atom. The van der Waals surface area contributed by atoms with Crippen molar-refractivity contribution in [3.63, 3.8) is 0 Å². The molecule has 0 spiro atoms. The van der Waals surface area contributed by atoms with Crippen LogP contribution in [0.2, 0.25) is 5.02 Å². The molecule has 0 aromatic heterocycles. The number of carbonyl (C=O) groups is 2. The summed E-state index contributed by atoms with van der Waals surface area (Å²) in [5, 5.41) is 3.44. The molecule has 4 aromatic carbocycles. The molecule has 2 amide bonds. The summed E-state index contributed by atoms with van der Waals surface area (Å²) in [6, 6.07) is 26.4. The van der Waals surface area contributed by atoms with Crippen LogP contribution in [0.5, 0.6) is 11.5 Å². The average molecular weight is 692 g/mol. The molecule has 0 aliphatic heterocycles. The van der Waals surface area contributed by atoms with Crippen LogP contribution in [0, 0.1) is 6.92 Å². The van der Waals surface area contributed by atoms with E-state index < -0.39 is 28.5 Å². The van der Waals surface area contributed by atoms with Crippen molar-refractivity contribution in [1.29, 1.82) is 0 Å². The largest absolute Gasteiger partial charge is 0.497 e. The first-order valence-electron chi connectivity index (χ1n) is 15.7. The first-order chi connectivity index (χ1) is 23.0. The molecule has 2 atom stereocenters.